The third-order valence-corrected chi connectivity index (χ3v) is 6.01. The highest BCUT2D eigenvalue weighted by Crippen LogP contribution is 2.36. The number of nitrogens with zero attached hydrogens (tertiary/aromatic N) is 2. The Morgan fingerprint density at radius 1 is 1.12 bits per heavy atom. The number of carbonyl (C=O) groups is 2. The molecule has 0 aromatic heterocycles. The van der Waals surface area contributed by atoms with Crippen LogP contribution in [0.5, 0.6) is 0 Å². The topological polar surface area (TPSA) is 61.9 Å². The van der Waals surface area contributed by atoms with Gasteiger partial charge in [-0.05, 0) is 30.7 Å². The number of hydrogen-bond donors (Lipinski definition) is 1. The van der Waals surface area contributed by atoms with Crippen LogP contribution in [0.3, 0.4) is 0 Å². The van der Waals surface area contributed by atoms with Crippen LogP contribution < -0.4 is 10.2 Å². The van der Waals surface area contributed by atoms with Crippen LogP contribution in [0.4, 0.5) is 24.5 Å². The second-order valence-electron chi connectivity index (χ2n) is 8.48. The quantitative estimate of drug-likeness (QED) is 0.735. The maximum atomic E-state index is 13.3. The van der Waals surface area contributed by atoms with Crippen LogP contribution in [-0.2, 0) is 27.0 Å². The number of carbonyl (C=O) groups excluding carboxylic acids is 2. The van der Waals surface area contributed by atoms with E-state index < -0.39 is 23.6 Å². The maximum absolute atomic E-state index is 13.3. The zero-order valence-electron chi connectivity index (χ0n) is 18.3. The number of aryl methyl sites for hydroxylation is 1. The van der Waals surface area contributed by atoms with Gasteiger partial charge in [0, 0.05) is 32.6 Å². The summed E-state index contributed by atoms with van der Waals surface area (Å²) in [6, 6.07) is 11.2. The molecule has 2 fully saturated rings. The Labute approximate surface area is 190 Å². The van der Waals surface area contributed by atoms with Crippen molar-refractivity contribution >= 4 is 23.2 Å². The van der Waals surface area contributed by atoms with Crippen molar-refractivity contribution in [1.29, 1.82) is 0 Å². The Morgan fingerprint density at radius 2 is 1.82 bits per heavy atom. The first-order valence-corrected chi connectivity index (χ1v) is 10.9. The molecular weight excluding hydrogens is 435 g/mol. The molecule has 1 N–H and O–H groups in total. The van der Waals surface area contributed by atoms with E-state index in [1.165, 1.54) is 6.07 Å². The van der Waals surface area contributed by atoms with Crippen molar-refractivity contribution in [3.05, 3.63) is 59.2 Å². The highest BCUT2D eigenvalue weighted by atomic mass is 19.4. The number of amides is 2. The van der Waals surface area contributed by atoms with E-state index in [1.807, 2.05) is 36.1 Å². The van der Waals surface area contributed by atoms with E-state index >= 15 is 0 Å². The molecule has 2 aromatic carbocycles. The molecule has 0 radical (unpaired) electrons. The summed E-state index contributed by atoms with van der Waals surface area (Å²) in [4.78, 5) is 29.0. The van der Waals surface area contributed by atoms with Crippen LogP contribution >= 0.6 is 0 Å². The molecule has 2 aliphatic heterocycles. The largest absolute Gasteiger partial charge is 0.416 e. The summed E-state index contributed by atoms with van der Waals surface area (Å²) in [6.07, 6.45) is -4.50. The molecule has 0 spiro atoms. The minimum atomic E-state index is -4.53. The van der Waals surface area contributed by atoms with Crippen molar-refractivity contribution in [2.45, 2.75) is 26.1 Å². The van der Waals surface area contributed by atoms with Crippen LogP contribution in [0.25, 0.3) is 0 Å². The van der Waals surface area contributed by atoms with E-state index in [9.17, 15) is 22.8 Å². The highest BCUT2D eigenvalue weighted by molar-refractivity contribution is 5.99. The van der Waals surface area contributed by atoms with Gasteiger partial charge in [0.2, 0.25) is 11.8 Å². The van der Waals surface area contributed by atoms with Gasteiger partial charge in [-0.2, -0.15) is 13.2 Å². The summed E-state index contributed by atoms with van der Waals surface area (Å²) in [7, 11) is 0. The average Bonchev–Trinajstić information content (AvgIpc) is 3.15. The van der Waals surface area contributed by atoms with E-state index in [2.05, 4.69) is 5.32 Å². The minimum absolute atomic E-state index is 0.0313. The number of anilines is 2. The molecule has 1 unspecified atom stereocenters. The normalized spacial score (nSPS) is 19.2. The van der Waals surface area contributed by atoms with Gasteiger partial charge in [0.25, 0.3) is 0 Å². The lowest BCUT2D eigenvalue weighted by Gasteiger charge is -2.31. The molecule has 2 aromatic rings. The Balaban J connectivity index is 1.49. The Bertz CT molecular complexity index is 1020. The molecule has 2 heterocycles. The number of ether oxygens (including phenoxy) is 1. The highest BCUT2D eigenvalue weighted by Gasteiger charge is 2.36. The average molecular weight is 461 g/mol. The van der Waals surface area contributed by atoms with Gasteiger partial charge in [0.1, 0.15) is 0 Å². The van der Waals surface area contributed by atoms with Crippen molar-refractivity contribution in [3.8, 4) is 0 Å². The molecule has 2 saturated heterocycles. The molecule has 2 aliphatic rings. The van der Waals surface area contributed by atoms with Crippen molar-refractivity contribution in [1.82, 2.24) is 4.90 Å². The molecule has 176 valence electrons. The number of morpholine rings is 1. The van der Waals surface area contributed by atoms with Gasteiger partial charge in [0.15, 0.2) is 0 Å². The van der Waals surface area contributed by atoms with Crippen LogP contribution in [0.2, 0.25) is 0 Å². The monoisotopic (exact) mass is 461 g/mol. The summed E-state index contributed by atoms with van der Waals surface area (Å²) in [5.74, 6) is -1.23. The second-order valence-corrected chi connectivity index (χ2v) is 8.48. The van der Waals surface area contributed by atoms with Gasteiger partial charge >= 0.3 is 6.18 Å². The van der Waals surface area contributed by atoms with Crippen LogP contribution in [0.1, 0.15) is 23.1 Å². The third kappa shape index (κ3) is 5.47. The predicted molar refractivity (Wildman–Crippen MR) is 118 cm³/mol. The number of hydrogen-bond acceptors (Lipinski definition) is 4. The van der Waals surface area contributed by atoms with Crippen LogP contribution in [0, 0.1) is 12.8 Å². The van der Waals surface area contributed by atoms with Gasteiger partial charge in [0.05, 0.1) is 36.1 Å². The van der Waals surface area contributed by atoms with E-state index in [-0.39, 0.29) is 24.6 Å². The van der Waals surface area contributed by atoms with Crippen LogP contribution in [-0.4, -0.2) is 49.6 Å². The lowest BCUT2D eigenvalue weighted by molar-refractivity contribution is -0.137. The van der Waals surface area contributed by atoms with E-state index in [0.29, 0.717) is 38.5 Å². The summed E-state index contributed by atoms with van der Waals surface area (Å²) in [5.41, 5.74) is 1.85. The first kappa shape index (κ1) is 23.1. The zero-order chi connectivity index (χ0) is 23.6. The SMILES string of the molecule is Cc1ccc(CN2CC(C(=O)Nc3cc(C(F)(F)F)ccc3N3CCOCC3)CC2=O)cc1. The first-order valence-electron chi connectivity index (χ1n) is 10.9. The molecule has 2 amide bonds. The number of alkyl halides is 3. The third-order valence-electron chi connectivity index (χ3n) is 6.01. The summed E-state index contributed by atoms with van der Waals surface area (Å²) in [5, 5.41) is 2.67. The standard InChI is InChI=1S/C24H26F3N3O3/c1-16-2-4-17(5-3-16)14-30-15-18(12-22(30)31)23(32)28-20-13-19(24(25,26)27)6-7-21(20)29-8-10-33-11-9-29/h2-7,13,18H,8-12,14-15H2,1H3,(H,28,32). The zero-order valence-corrected chi connectivity index (χ0v) is 18.3. The lowest BCUT2D eigenvalue weighted by atomic mass is 10.1. The predicted octanol–water partition coefficient (Wildman–Crippen LogP) is 3.84. The molecule has 4 rings (SSSR count). The molecule has 0 aliphatic carbocycles. The van der Waals surface area contributed by atoms with Gasteiger partial charge in [-0.25, -0.2) is 0 Å². The summed E-state index contributed by atoms with van der Waals surface area (Å²) >= 11 is 0. The molecule has 9 heteroatoms. The summed E-state index contributed by atoms with van der Waals surface area (Å²) < 4.78 is 45.3. The van der Waals surface area contributed by atoms with Crippen molar-refractivity contribution in [3.63, 3.8) is 0 Å². The van der Waals surface area contributed by atoms with Gasteiger partial charge in [-0.15, -0.1) is 0 Å². The first-order chi connectivity index (χ1) is 15.7. The van der Waals surface area contributed by atoms with Gasteiger partial charge in [-0.1, -0.05) is 29.8 Å². The van der Waals surface area contributed by atoms with Gasteiger partial charge < -0.3 is 19.9 Å². The fourth-order valence-electron chi connectivity index (χ4n) is 4.14. The fraction of sp³-hybridized carbons (Fsp3) is 0.417. The maximum Gasteiger partial charge on any atom is 0.416 e. The Kier molecular flexibility index (Phi) is 6.60. The molecule has 6 nitrogen and oxygen atoms in total. The van der Waals surface area contributed by atoms with Crippen molar-refractivity contribution < 1.29 is 27.5 Å². The molecule has 33 heavy (non-hydrogen) atoms. The minimum Gasteiger partial charge on any atom is -0.378 e. The Hall–Kier alpha value is -3.07. The van der Waals surface area contributed by atoms with E-state index in [4.69, 9.17) is 4.74 Å². The number of benzene rings is 2. The second kappa shape index (κ2) is 9.43. The van der Waals surface area contributed by atoms with Crippen molar-refractivity contribution in [2.75, 3.05) is 43.1 Å². The molecular formula is C24H26F3N3O3. The summed E-state index contributed by atoms with van der Waals surface area (Å²) in [6.45, 7) is 4.54. The molecule has 1 atom stereocenters. The molecule has 0 bridgehead atoms. The van der Waals surface area contributed by atoms with Gasteiger partial charge in [-0.3, -0.25) is 9.59 Å². The number of nitrogens with one attached hydrogen (secondary N) is 1. The lowest BCUT2D eigenvalue weighted by Crippen LogP contribution is -2.37. The van der Waals surface area contributed by atoms with Crippen LogP contribution in [0.15, 0.2) is 42.5 Å². The smallest absolute Gasteiger partial charge is 0.378 e. The van der Waals surface area contributed by atoms with E-state index in [1.54, 1.807) is 4.90 Å². The number of halogens is 3. The fourth-order valence-corrected chi connectivity index (χ4v) is 4.14. The Morgan fingerprint density at radius 3 is 2.48 bits per heavy atom. The number of rotatable bonds is 5. The molecule has 0 saturated carbocycles. The van der Waals surface area contributed by atoms with Crippen molar-refractivity contribution in [2.24, 2.45) is 5.92 Å². The van der Waals surface area contributed by atoms with E-state index in [0.717, 1.165) is 23.3 Å². The number of likely N-dealkylation sites (tertiary alicyclic amines) is 1.